The van der Waals surface area contributed by atoms with Crippen LogP contribution in [0.1, 0.15) is 22.3 Å². The van der Waals surface area contributed by atoms with E-state index < -0.39 is 6.09 Å². The molecule has 6 nitrogen and oxygen atoms in total. The normalized spacial score (nSPS) is 14.3. The minimum absolute atomic E-state index is 0.115. The third-order valence-electron chi connectivity index (χ3n) is 4.73. The van der Waals surface area contributed by atoms with Crippen molar-refractivity contribution in [3.05, 3.63) is 59.7 Å². The van der Waals surface area contributed by atoms with E-state index in [-0.39, 0.29) is 5.78 Å². The molecule has 0 spiro atoms. The first-order chi connectivity index (χ1) is 12.5. The Kier molecular flexibility index (Phi) is 5.41. The van der Waals surface area contributed by atoms with Crippen molar-refractivity contribution in [3.63, 3.8) is 0 Å². The molecular weight excluding hydrogens is 330 g/mol. The van der Waals surface area contributed by atoms with Crippen LogP contribution in [0.15, 0.2) is 48.5 Å². The molecule has 26 heavy (non-hydrogen) atoms. The van der Waals surface area contributed by atoms with Crippen molar-refractivity contribution in [3.8, 4) is 0 Å². The zero-order valence-corrected chi connectivity index (χ0v) is 14.6. The second-order valence-electron chi connectivity index (χ2n) is 6.47. The van der Waals surface area contributed by atoms with E-state index in [1.165, 1.54) is 4.90 Å². The number of benzene rings is 2. The van der Waals surface area contributed by atoms with Crippen LogP contribution in [0.25, 0.3) is 0 Å². The number of hydrogen-bond donors (Lipinski definition) is 2. The molecule has 3 N–H and O–H groups in total. The fourth-order valence-corrected chi connectivity index (χ4v) is 3.10. The molecule has 136 valence electrons. The molecule has 1 amide bonds. The lowest BCUT2D eigenvalue weighted by atomic mass is 10.0. The molecule has 0 unspecified atom stereocenters. The van der Waals surface area contributed by atoms with Gasteiger partial charge in [0, 0.05) is 49.5 Å². The van der Waals surface area contributed by atoms with Crippen LogP contribution in [0.3, 0.4) is 0 Å². The number of carbonyl (C=O) groups excluding carboxylic acids is 1. The number of anilines is 2. The highest BCUT2D eigenvalue weighted by molar-refractivity contribution is 5.96. The number of nitrogens with zero attached hydrogens (tertiary/aromatic N) is 2. The number of carboxylic acid groups (broad SMARTS) is 1. The van der Waals surface area contributed by atoms with Gasteiger partial charge in [0.05, 0.1) is 0 Å². The van der Waals surface area contributed by atoms with Crippen molar-refractivity contribution in [1.29, 1.82) is 0 Å². The zero-order valence-electron chi connectivity index (χ0n) is 14.6. The van der Waals surface area contributed by atoms with Crippen molar-refractivity contribution < 1.29 is 14.7 Å². The molecule has 0 radical (unpaired) electrons. The summed E-state index contributed by atoms with van der Waals surface area (Å²) in [6.45, 7) is 2.32. The lowest BCUT2D eigenvalue weighted by molar-refractivity contribution is 0.0982. The van der Waals surface area contributed by atoms with Gasteiger partial charge in [-0.3, -0.25) is 4.79 Å². The van der Waals surface area contributed by atoms with E-state index in [4.69, 9.17) is 10.8 Å². The first kappa shape index (κ1) is 17.8. The number of Topliss-reactive ketones (excluding diaryl/α,β-unsaturated/α-hetero) is 1. The second-order valence-corrected chi connectivity index (χ2v) is 6.47. The molecule has 3 rings (SSSR count). The molecule has 2 aromatic rings. The van der Waals surface area contributed by atoms with E-state index in [0.29, 0.717) is 44.6 Å². The van der Waals surface area contributed by atoms with Crippen molar-refractivity contribution in [2.45, 2.75) is 12.8 Å². The van der Waals surface area contributed by atoms with Crippen LogP contribution in [-0.4, -0.2) is 48.1 Å². The van der Waals surface area contributed by atoms with Crippen molar-refractivity contribution in [2.75, 3.05) is 36.8 Å². The number of amides is 1. The van der Waals surface area contributed by atoms with Crippen molar-refractivity contribution in [2.24, 2.45) is 0 Å². The molecule has 1 heterocycles. The Morgan fingerprint density at radius 2 is 1.54 bits per heavy atom. The van der Waals surface area contributed by atoms with Gasteiger partial charge >= 0.3 is 6.09 Å². The molecule has 0 atom stereocenters. The Balaban J connectivity index is 1.54. The summed E-state index contributed by atoms with van der Waals surface area (Å²) in [7, 11) is 0. The van der Waals surface area contributed by atoms with Crippen molar-refractivity contribution >= 4 is 23.3 Å². The number of rotatable bonds is 5. The number of piperazine rings is 1. The van der Waals surface area contributed by atoms with Crippen LogP contribution >= 0.6 is 0 Å². The average Bonchev–Trinajstić information content (AvgIpc) is 2.67. The third kappa shape index (κ3) is 4.33. The Bertz CT molecular complexity index is 764. The smallest absolute Gasteiger partial charge is 0.407 e. The summed E-state index contributed by atoms with van der Waals surface area (Å²) < 4.78 is 0. The fraction of sp³-hybridized carbons (Fsp3) is 0.300. The largest absolute Gasteiger partial charge is 0.465 e. The molecule has 1 fully saturated rings. The van der Waals surface area contributed by atoms with E-state index in [2.05, 4.69) is 4.90 Å². The molecular formula is C20H23N3O3. The number of hydrogen-bond acceptors (Lipinski definition) is 4. The summed E-state index contributed by atoms with van der Waals surface area (Å²) in [5.74, 6) is 0.115. The van der Waals surface area contributed by atoms with Crippen LogP contribution < -0.4 is 10.6 Å². The van der Waals surface area contributed by atoms with Gasteiger partial charge in [-0.2, -0.15) is 0 Å². The summed E-state index contributed by atoms with van der Waals surface area (Å²) in [5.41, 5.74) is 9.21. The zero-order chi connectivity index (χ0) is 18.5. The van der Waals surface area contributed by atoms with Gasteiger partial charge in [0.25, 0.3) is 0 Å². The summed E-state index contributed by atoms with van der Waals surface area (Å²) in [4.78, 5) is 26.9. The van der Waals surface area contributed by atoms with Crippen LogP contribution in [0, 0.1) is 0 Å². The average molecular weight is 353 g/mol. The highest BCUT2D eigenvalue weighted by atomic mass is 16.4. The Hall–Kier alpha value is -3.02. The Morgan fingerprint density at radius 3 is 2.12 bits per heavy atom. The minimum Gasteiger partial charge on any atom is -0.465 e. The maximum absolute atomic E-state index is 12.4. The molecule has 0 aromatic heterocycles. The predicted molar refractivity (Wildman–Crippen MR) is 102 cm³/mol. The summed E-state index contributed by atoms with van der Waals surface area (Å²) in [6.07, 6.45) is 0.283. The van der Waals surface area contributed by atoms with Gasteiger partial charge in [0.15, 0.2) is 5.78 Å². The lowest BCUT2D eigenvalue weighted by Crippen LogP contribution is -2.48. The fourth-order valence-electron chi connectivity index (χ4n) is 3.10. The Labute approximate surface area is 152 Å². The van der Waals surface area contributed by atoms with Crippen LogP contribution in [0.5, 0.6) is 0 Å². The highest BCUT2D eigenvalue weighted by Gasteiger charge is 2.20. The predicted octanol–water partition coefficient (Wildman–Crippen LogP) is 2.88. The maximum atomic E-state index is 12.4. The van der Waals surface area contributed by atoms with Gasteiger partial charge in [-0.1, -0.05) is 12.1 Å². The van der Waals surface area contributed by atoms with Gasteiger partial charge in [-0.15, -0.1) is 0 Å². The lowest BCUT2D eigenvalue weighted by Gasteiger charge is -2.34. The molecule has 0 saturated carbocycles. The van der Waals surface area contributed by atoms with Gasteiger partial charge in [0.2, 0.25) is 0 Å². The molecule has 0 aliphatic carbocycles. The van der Waals surface area contributed by atoms with Gasteiger partial charge in [0.1, 0.15) is 0 Å². The van der Waals surface area contributed by atoms with Gasteiger partial charge in [-0.05, 0) is 48.4 Å². The van der Waals surface area contributed by atoms with Crippen molar-refractivity contribution in [1.82, 2.24) is 4.90 Å². The molecule has 2 aromatic carbocycles. The molecule has 0 bridgehead atoms. The first-order valence-electron chi connectivity index (χ1n) is 8.73. The van der Waals surface area contributed by atoms with Gasteiger partial charge in [-0.25, -0.2) is 4.79 Å². The summed E-state index contributed by atoms with van der Waals surface area (Å²) in [5, 5.41) is 9.00. The second kappa shape index (κ2) is 7.91. The summed E-state index contributed by atoms with van der Waals surface area (Å²) >= 11 is 0. The van der Waals surface area contributed by atoms with E-state index in [0.717, 1.165) is 16.9 Å². The topological polar surface area (TPSA) is 86.9 Å². The van der Waals surface area contributed by atoms with Crippen LogP contribution in [0.2, 0.25) is 0 Å². The molecule has 1 aliphatic rings. The highest BCUT2D eigenvalue weighted by Crippen LogP contribution is 2.19. The SMILES string of the molecule is Nc1ccc(CCC(=O)c2ccc(N3CCN(C(=O)O)CC3)cc2)cc1. The molecule has 1 aliphatic heterocycles. The van der Waals surface area contributed by atoms with E-state index >= 15 is 0 Å². The molecule has 6 heteroatoms. The van der Waals surface area contributed by atoms with E-state index in [1.807, 2.05) is 48.5 Å². The minimum atomic E-state index is -0.869. The number of nitrogens with two attached hydrogens (primary N) is 1. The van der Waals surface area contributed by atoms with Crippen LogP contribution in [0.4, 0.5) is 16.2 Å². The quantitative estimate of drug-likeness (QED) is 0.637. The first-order valence-corrected chi connectivity index (χ1v) is 8.73. The standard InChI is InChI=1S/C20H23N3O3/c21-17-6-1-15(2-7-17)3-10-19(24)16-4-8-18(9-5-16)22-11-13-23(14-12-22)20(25)26/h1-2,4-9H,3,10-14,21H2,(H,25,26). The third-order valence-corrected chi connectivity index (χ3v) is 4.73. The van der Waals surface area contributed by atoms with E-state index in [9.17, 15) is 9.59 Å². The van der Waals surface area contributed by atoms with Crippen LogP contribution in [-0.2, 0) is 6.42 Å². The van der Waals surface area contributed by atoms with E-state index in [1.54, 1.807) is 0 Å². The van der Waals surface area contributed by atoms with Gasteiger partial charge < -0.3 is 20.6 Å². The number of aryl methyl sites for hydroxylation is 1. The summed E-state index contributed by atoms with van der Waals surface area (Å²) in [6, 6.07) is 15.2. The number of carbonyl (C=O) groups is 2. The number of nitrogen functional groups attached to an aromatic ring is 1. The maximum Gasteiger partial charge on any atom is 0.407 e. The monoisotopic (exact) mass is 353 g/mol. The number of ketones is 1. The molecule has 1 saturated heterocycles. The Morgan fingerprint density at radius 1 is 0.923 bits per heavy atom.